The first-order valence-electron chi connectivity index (χ1n) is 9.57. The molecule has 10 heteroatoms. The zero-order chi connectivity index (χ0) is 20.6. The minimum absolute atomic E-state index is 0.162. The number of aromatic nitrogens is 2. The second kappa shape index (κ2) is 8.06. The maximum Gasteiger partial charge on any atom is 0.255 e. The van der Waals surface area contributed by atoms with E-state index in [9.17, 15) is 13.2 Å². The van der Waals surface area contributed by atoms with Gasteiger partial charge in [-0.15, -0.1) is 0 Å². The van der Waals surface area contributed by atoms with Crippen molar-refractivity contribution in [2.45, 2.75) is 24.7 Å². The molecule has 1 saturated heterocycles. The maximum absolute atomic E-state index is 13.1. The van der Waals surface area contributed by atoms with Crippen molar-refractivity contribution >= 4 is 27.6 Å². The summed E-state index contributed by atoms with van der Waals surface area (Å²) < 4.78 is 32.9. The molecule has 0 saturated carbocycles. The molecule has 2 aliphatic rings. The monoisotopic (exact) mass is 438 g/mol. The third-order valence-corrected chi connectivity index (χ3v) is 7.69. The van der Waals surface area contributed by atoms with Gasteiger partial charge < -0.3 is 9.64 Å². The number of morpholine rings is 1. The Hall–Kier alpha value is -1.94. The minimum Gasteiger partial charge on any atom is -0.378 e. The lowest BCUT2D eigenvalue weighted by molar-refractivity contribution is 0.122. The Morgan fingerprint density at radius 1 is 1.14 bits per heavy atom. The van der Waals surface area contributed by atoms with Gasteiger partial charge in [0, 0.05) is 43.2 Å². The van der Waals surface area contributed by atoms with E-state index >= 15 is 0 Å². The van der Waals surface area contributed by atoms with Crippen LogP contribution in [0.2, 0.25) is 5.02 Å². The first kappa shape index (κ1) is 20.3. The van der Waals surface area contributed by atoms with Crippen LogP contribution >= 0.6 is 11.6 Å². The van der Waals surface area contributed by atoms with E-state index in [1.807, 2.05) is 11.8 Å². The predicted molar refractivity (Wildman–Crippen MR) is 110 cm³/mol. The summed E-state index contributed by atoms with van der Waals surface area (Å²) >= 11 is 6.12. The van der Waals surface area contributed by atoms with Crippen molar-refractivity contribution in [1.29, 1.82) is 0 Å². The summed E-state index contributed by atoms with van der Waals surface area (Å²) in [7, 11) is -3.70. The summed E-state index contributed by atoms with van der Waals surface area (Å²) in [4.78, 5) is 22.3. The summed E-state index contributed by atoms with van der Waals surface area (Å²) in [6.45, 7) is 4.82. The van der Waals surface area contributed by atoms with Gasteiger partial charge in [-0.2, -0.15) is 4.31 Å². The molecule has 4 rings (SSSR count). The zero-order valence-corrected chi connectivity index (χ0v) is 17.7. The lowest BCUT2D eigenvalue weighted by atomic mass is 10.1. The van der Waals surface area contributed by atoms with Crippen molar-refractivity contribution in [3.05, 3.63) is 50.4 Å². The first-order valence-corrected chi connectivity index (χ1v) is 11.4. The molecule has 0 bridgehead atoms. The van der Waals surface area contributed by atoms with Crippen molar-refractivity contribution in [2.75, 3.05) is 44.3 Å². The zero-order valence-electron chi connectivity index (χ0n) is 16.1. The van der Waals surface area contributed by atoms with Crippen molar-refractivity contribution in [1.82, 2.24) is 14.3 Å². The number of halogens is 1. The van der Waals surface area contributed by atoms with Crippen LogP contribution in [0.25, 0.3) is 0 Å². The molecule has 2 aliphatic heterocycles. The number of nitrogens with zero attached hydrogens (tertiary/aromatic N) is 3. The smallest absolute Gasteiger partial charge is 0.255 e. The number of fused-ring (bicyclic) bond motifs is 1. The molecule has 1 aromatic carbocycles. The van der Waals surface area contributed by atoms with Crippen molar-refractivity contribution < 1.29 is 13.2 Å². The fraction of sp³-hybridized carbons (Fsp3) is 0.474. The number of aromatic amines is 1. The molecular formula is C19H23ClN4O4S. The summed E-state index contributed by atoms with van der Waals surface area (Å²) in [5, 5.41) is 0.414. The number of rotatable bonds is 3. The van der Waals surface area contributed by atoms with Gasteiger partial charge in [-0.05, 0) is 31.0 Å². The molecule has 0 unspecified atom stereocenters. The Balaban J connectivity index is 1.59. The molecule has 2 aromatic rings. The lowest BCUT2D eigenvalue weighted by Gasteiger charge is -2.27. The van der Waals surface area contributed by atoms with Gasteiger partial charge in [-0.25, -0.2) is 13.4 Å². The van der Waals surface area contributed by atoms with Gasteiger partial charge >= 0.3 is 0 Å². The molecule has 0 amide bonds. The van der Waals surface area contributed by atoms with E-state index in [2.05, 4.69) is 9.97 Å². The molecule has 1 fully saturated rings. The van der Waals surface area contributed by atoms with E-state index in [1.54, 1.807) is 12.1 Å². The van der Waals surface area contributed by atoms with Crippen LogP contribution in [0.1, 0.15) is 16.8 Å². The number of nitrogens with one attached hydrogen (secondary N) is 1. The van der Waals surface area contributed by atoms with E-state index in [4.69, 9.17) is 16.3 Å². The number of sulfonamides is 1. The van der Waals surface area contributed by atoms with Gasteiger partial charge in [0.1, 0.15) is 0 Å². The van der Waals surface area contributed by atoms with E-state index < -0.39 is 10.0 Å². The van der Waals surface area contributed by atoms with Gasteiger partial charge in [0.2, 0.25) is 16.0 Å². The summed E-state index contributed by atoms with van der Waals surface area (Å²) in [5.41, 5.74) is 1.84. The van der Waals surface area contributed by atoms with Crippen LogP contribution < -0.4 is 10.5 Å². The van der Waals surface area contributed by atoms with Crippen molar-refractivity contribution in [3.63, 3.8) is 0 Å². The SMILES string of the molecule is Cc1ccc(S(=O)(=O)N2CCc3nc(N4CCOCC4)[nH]c(=O)c3CC2)cc1Cl. The third kappa shape index (κ3) is 4.05. The highest BCUT2D eigenvalue weighted by Crippen LogP contribution is 2.24. The molecule has 0 spiro atoms. The van der Waals surface area contributed by atoms with E-state index in [0.29, 0.717) is 61.4 Å². The minimum atomic E-state index is -3.70. The van der Waals surface area contributed by atoms with Gasteiger partial charge in [0.25, 0.3) is 5.56 Å². The maximum atomic E-state index is 13.1. The van der Waals surface area contributed by atoms with Crippen LogP contribution in [0.5, 0.6) is 0 Å². The van der Waals surface area contributed by atoms with Crippen LogP contribution in [0.4, 0.5) is 5.95 Å². The molecule has 0 aliphatic carbocycles. The Kier molecular flexibility index (Phi) is 5.65. The number of anilines is 1. The average molecular weight is 439 g/mol. The Labute approximate surface area is 174 Å². The molecule has 1 N–H and O–H groups in total. The van der Waals surface area contributed by atoms with Crippen LogP contribution in [-0.2, 0) is 27.6 Å². The molecule has 3 heterocycles. The third-order valence-electron chi connectivity index (χ3n) is 5.39. The van der Waals surface area contributed by atoms with Crippen molar-refractivity contribution in [3.8, 4) is 0 Å². The highest BCUT2D eigenvalue weighted by molar-refractivity contribution is 7.89. The van der Waals surface area contributed by atoms with Gasteiger partial charge in [0.05, 0.1) is 23.8 Å². The van der Waals surface area contributed by atoms with Crippen molar-refractivity contribution in [2.24, 2.45) is 0 Å². The molecule has 29 heavy (non-hydrogen) atoms. The average Bonchev–Trinajstić information content (AvgIpc) is 2.94. The highest BCUT2D eigenvalue weighted by atomic mass is 35.5. The van der Waals surface area contributed by atoms with Crippen LogP contribution in [-0.4, -0.2) is 62.1 Å². The number of hydrogen-bond donors (Lipinski definition) is 1. The summed E-state index contributed by atoms with van der Waals surface area (Å²) in [6, 6.07) is 4.74. The molecule has 1 aromatic heterocycles. The van der Waals surface area contributed by atoms with Gasteiger partial charge in [0.15, 0.2) is 0 Å². The fourth-order valence-corrected chi connectivity index (χ4v) is 5.34. The predicted octanol–water partition coefficient (Wildman–Crippen LogP) is 1.36. The lowest BCUT2D eigenvalue weighted by Crippen LogP contribution is -2.38. The Bertz CT molecular complexity index is 1080. The second-order valence-corrected chi connectivity index (χ2v) is 9.57. The number of aryl methyl sites for hydroxylation is 1. The van der Waals surface area contributed by atoms with Crippen LogP contribution in [0, 0.1) is 6.92 Å². The van der Waals surface area contributed by atoms with Gasteiger partial charge in [-0.1, -0.05) is 17.7 Å². The number of hydrogen-bond acceptors (Lipinski definition) is 6. The number of ether oxygens (including phenoxy) is 1. The molecule has 8 nitrogen and oxygen atoms in total. The largest absolute Gasteiger partial charge is 0.378 e. The standard InChI is InChI=1S/C19H23ClN4O4S/c1-13-2-3-14(12-16(13)20)29(26,27)24-6-4-15-17(5-7-24)21-19(22-18(15)25)23-8-10-28-11-9-23/h2-3,12H,4-11H2,1H3,(H,21,22,25). The van der Waals surface area contributed by atoms with Crippen LogP contribution in [0.3, 0.4) is 0 Å². The number of benzene rings is 1. The molecule has 0 atom stereocenters. The van der Waals surface area contributed by atoms with E-state index in [1.165, 1.54) is 10.4 Å². The Morgan fingerprint density at radius 3 is 2.59 bits per heavy atom. The second-order valence-electron chi connectivity index (χ2n) is 7.23. The first-order chi connectivity index (χ1) is 13.9. The number of H-pyrrole nitrogens is 1. The molecular weight excluding hydrogens is 416 g/mol. The summed E-state index contributed by atoms with van der Waals surface area (Å²) in [5.74, 6) is 0.527. The normalized spacial score (nSPS) is 18.3. The highest BCUT2D eigenvalue weighted by Gasteiger charge is 2.29. The van der Waals surface area contributed by atoms with E-state index in [-0.39, 0.29) is 23.5 Å². The Morgan fingerprint density at radius 2 is 1.86 bits per heavy atom. The van der Waals surface area contributed by atoms with Gasteiger partial charge in [-0.3, -0.25) is 9.78 Å². The fourth-order valence-electron chi connectivity index (χ4n) is 3.62. The van der Waals surface area contributed by atoms with E-state index in [0.717, 1.165) is 5.56 Å². The summed E-state index contributed by atoms with van der Waals surface area (Å²) in [6.07, 6.45) is 0.704. The molecule has 156 valence electrons. The topological polar surface area (TPSA) is 95.6 Å². The molecule has 0 radical (unpaired) electrons. The van der Waals surface area contributed by atoms with Crippen LogP contribution in [0.15, 0.2) is 27.9 Å². The quantitative estimate of drug-likeness (QED) is 0.777.